The van der Waals surface area contributed by atoms with E-state index in [0.29, 0.717) is 17.7 Å². The van der Waals surface area contributed by atoms with E-state index >= 15 is 0 Å². The van der Waals surface area contributed by atoms with Gasteiger partial charge >= 0.3 is 0 Å². The van der Waals surface area contributed by atoms with Gasteiger partial charge in [-0.25, -0.2) is 4.68 Å². The smallest absolute Gasteiger partial charge is 0.121 e. The molecule has 3 aromatic carbocycles. The Hall–Kier alpha value is -4.22. The van der Waals surface area contributed by atoms with Gasteiger partial charge in [-0.3, -0.25) is 0 Å². The quantitative estimate of drug-likeness (QED) is 0.539. The first-order chi connectivity index (χ1) is 13.8. The molecule has 1 aromatic heterocycles. The Bertz CT molecular complexity index is 1180. The van der Waals surface area contributed by atoms with E-state index < -0.39 is 0 Å². The zero-order valence-corrected chi connectivity index (χ0v) is 14.9. The maximum atomic E-state index is 9.08. The Labute approximate surface area is 162 Å². The molecule has 0 aliphatic carbocycles. The predicted octanol–water partition coefficient (Wildman–Crippen LogP) is 4.40. The summed E-state index contributed by atoms with van der Waals surface area (Å²) in [5.74, 6) is 0. The largest absolute Gasteiger partial charge is 0.240 e. The highest BCUT2D eigenvalue weighted by Crippen LogP contribution is 2.31. The van der Waals surface area contributed by atoms with E-state index in [4.69, 9.17) is 10.5 Å². The summed E-state index contributed by atoms with van der Waals surface area (Å²) in [6.07, 6.45) is 0. The number of hydrogen-bond donors (Lipinski definition) is 0. The number of hydrogen-bond acceptors (Lipinski definition) is 4. The average molecular weight is 361 g/mol. The molecule has 0 bridgehead atoms. The number of nitrogens with zero attached hydrogens (tertiary/aromatic N) is 5. The second kappa shape index (κ2) is 7.57. The predicted molar refractivity (Wildman–Crippen MR) is 106 cm³/mol. The number of nitriles is 2. The van der Waals surface area contributed by atoms with Gasteiger partial charge in [0.1, 0.15) is 5.69 Å². The van der Waals surface area contributed by atoms with Gasteiger partial charge < -0.3 is 0 Å². The molecule has 1 heterocycles. The van der Waals surface area contributed by atoms with Crippen LogP contribution in [0.4, 0.5) is 0 Å². The zero-order chi connectivity index (χ0) is 19.3. The summed E-state index contributed by atoms with van der Waals surface area (Å²) in [7, 11) is 0. The maximum Gasteiger partial charge on any atom is 0.121 e. The molecule has 0 unspecified atom stereocenters. The molecule has 5 nitrogen and oxygen atoms in total. The van der Waals surface area contributed by atoms with Gasteiger partial charge in [-0.05, 0) is 29.8 Å². The summed E-state index contributed by atoms with van der Waals surface area (Å²) in [6, 6.07) is 29.0. The van der Waals surface area contributed by atoms with Gasteiger partial charge in [0.15, 0.2) is 0 Å². The fourth-order valence-corrected chi connectivity index (χ4v) is 3.07. The Kier molecular flexibility index (Phi) is 4.65. The minimum atomic E-state index is 0.583. The topological polar surface area (TPSA) is 78.3 Å². The van der Waals surface area contributed by atoms with Crippen molar-refractivity contribution < 1.29 is 0 Å². The molecular formula is C23H15N5. The SMILES string of the molecule is N#Cc1ccc(-c2nnn(Cc3ccccc3)c2-c2ccc(C#N)cc2)cc1. The molecule has 0 saturated carbocycles. The molecule has 4 aromatic rings. The van der Waals surface area contributed by atoms with E-state index in [1.54, 1.807) is 24.3 Å². The first-order valence-corrected chi connectivity index (χ1v) is 8.77. The Morgan fingerprint density at radius 2 is 1.29 bits per heavy atom. The summed E-state index contributed by atoms with van der Waals surface area (Å²) >= 11 is 0. The third kappa shape index (κ3) is 3.38. The average Bonchev–Trinajstić information content (AvgIpc) is 3.18. The molecule has 0 saturated heterocycles. The van der Waals surface area contributed by atoms with E-state index in [1.807, 2.05) is 59.3 Å². The number of benzene rings is 3. The van der Waals surface area contributed by atoms with Crippen molar-refractivity contribution in [3.63, 3.8) is 0 Å². The van der Waals surface area contributed by atoms with Crippen molar-refractivity contribution in [3.8, 4) is 34.7 Å². The molecule has 0 N–H and O–H groups in total. The standard InChI is InChI=1S/C23H15N5/c24-14-17-6-10-20(11-7-17)22-23(21-12-8-18(15-25)9-13-21)28(27-26-22)16-19-4-2-1-3-5-19/h1-13H,16H2. The molecule has 5 heteroatoms. The normalized spacial score (nSPS) is 10.2. The molecule has 28 heavy (non-hydrogen) atoms. The summed E-state index contributed by atoms with van der Waals surface area (Å²) in [5.41, 5.74) is 5.75. The van der Waals surface area contributed by atoms with Crippen LogP contribution in [0.3, 0.4) is 0 Å². The Morgan fingerprint density at radius 3 is 1.86 bits per heavy atom. The summed E-state index contributed by atoms with van der Waals surface area (Å²) in [6.45, 7) is 0.583. The zero-order valence-electron chi connectivity index (χ0n) is 14.9. The van der Waals surface area contributed by atoms with Crippen molar-refractivity contribution in [2.45, 2.75) is 6.54 Å². The molecule has 0 atom stereocenters. The second-order valence-electron chi connectivity index (χ2n) is 6.31. The highest BCUT2D eigenvalue weighted by Gasteiger charge is 2.17. The molecule has 0 fully saturated rings. The fraction of sp³-hybridized carbons (Fsp3) is 0.0435. The third-order valence-corrected chi connectivity index (χ3v) is 4.49. The van der Waals surface area contributed by atoms with Crippen LogP contribution in [0.15, 0.2) is 78.9 Å². The van der Waals surface area contributed by atoms with Gasteiger partial charge in [0.25, 0.3) is 0 Å². The summed E-state index contributed by atoms with van der Waals surface area (Å²) in [5, 5.41) is 26.9. The van der Waals surface area contributed by atoms with E-state index in [-0.39, 0.29) is 0 Å². The molecule has 0 radical (unpaired) electrons. The Morgan fingerprint density at radius 1 is 0.714 bits per heavy atom. The Balaban J connectivity index is 1.83. The van der Waals surface area contributed by atoms with Crippen molar-refractivity contribution in [2.75, 3.05) is 0 Å². The van der Waals surface area contributed by atoms with Crippen LogP contribution in [0.5, 0.6) is 0 Å². The van der Waals surface area contributed by atoms with Crippen molar-refractivity contribution in [2.24, 2.45) is 0 Å². The molecular weight excluding hydrogens is 346 g/mol. The fourth-order valence-electron chi connectivity index (χ4n) is 3.07. The number of aromatic nitrogens is 3. The van der Waals surface area contributed by atoms with Crippen molar-refractivity contribution >= 4 is 0 Å². The lowest BCUT2D eigenvalue weighted by atomic mass is 10.0. The minimum absolute atomic E-state index is 0.583. The van der Waals surface area contributed by atoms with Gasteiger partial charge in [0.2, 0.25) is 0 Å². The highest BCUT2D eigenvalue weighted by molar-refractivity contribution is 5.78. The van der Waals surface area contributed by atoms with E-state index in [1.165, 1.54) is 0 Å². The summed E-state index contributed by atoms with van der Waals surface area (Å²) < 4.78 is 1.87. The van der Waals surface area contributed by atoms with Crippen molar-refractivity contribution in [1.29, 1.82) is 10.5 Å². The van der Waals surface area contributed by atoms with Crippen LogP contribution >= 0.6 is 0 Å². The van der Waals surface area contributed by atoms with Crippen LogP contribution in [-0.4, -0.2) is 15.0 Å². The molecule has 132 valence electrons. The lowest BCUT2D eigenvalue weighted by molar-refractivity contribution is 0.656. The molecule has 0 spiro atoms. The monoisotopic (exact) mass is 361 g/mol. The van der Waals surface area contributed by atoms with E-state index in [0.717, 1.165) is 28.1 Å². The van der Waals surface area contributed by atoms with E-state index in [9.17, 15) is 0 Å². The molecule has 0 aliphatic rings. The van der Waals surface area contributed by atoms with Gasteiger partial charge in [0.05, 0.1) is 35.5 Å². The van der Waals surface area contributed by atoms with Gasteiger partial charge in [-0.15, -0.1) is 5.10 Å². The second-order valence-corrected chi connectivity index (χ2v) is 6.31. The maximum absolute atomic E-state index is 9.08. The highest BCUT2D eigenvalue weighted by atomic mass is 15.4. The van der Waals surface area contributed by atoms with Crippen molar-refractivity contribution in [1.82, 2.24) is 15.0 Å². The lowest BCUT2D eigenvalue weighted by Gasteiger charge is -2.09. The third-order valence-electron chi connectivity index (χ3n) is 4.49. The van der Waals surface area contributed by atoms with Crippen molar-refractivity contribution in [3.05, 3.63) is 95.6 Å². The van der Waals surface area contributed by atoms with Crippen LogP contribution < -0.4 is 0 Å². The first-order valence-electron chi connectivity index (χ1n) is 8.77. The van der Waals surface area contributed by atoms with Crippen LogP contribution in [0.25, 0.3) is 22.5 Å². The minimum Gasteiger partial charge on any atom is -0.240 e. The lowest BCUT2D eigenvalue weighted by Crippen LogP contribution is -2.04. The van der Waals surface area contributed by atoms with Crippen LogP contribution in [0, 0.1) is 22.7 Å². The van der Waals surface area contributed by atoms with Gasteiger partial charge in [-0.1, -0.05) is 59.8 Å². The summed E-state index contributed by atoms with van der Waals surface area (Å²) in [4.78, 5) is 0. The van der Waals surface area contributed by atoms with Gasteiger partial charge in [-0.2, -0.15) is 10.5 Å². The molecule has 0 amide bonds. The molecule has 0 aliphatic heterocycles. The van der Waals surface area contributed by atoms with Crippen LogP contribution in [-0.2, 0) is 6.54 Å². The van der Waals surface area contributed by atoms with E-state index in [2.05, 4.69) is 22.5 Å². The van der Waals surface area contributed by atoms with Gasteiger partial charge in [0, 0.05) is 11.1 Å². The number of rotatable bonds is 4. The van der Waals surface area contributed by atoms with Crippen LogP contribution in [0.1, 0.15) is 16.7 Å². The van der Waals surface area contributed by atoms with Crippen LogP contribution in [0.2, 0.25) is 0 Å². The molecule has 4 rings (SSSR count). The first kappa shape index (κ1) is 17.2.